The van der Waals surface area contributed by atoms with Crippen LogP contribution in [0.5, 0.6) is 0 Å². The Hall–Kier alpha value is -1.43. The number of aryl methyl sites for hydroxylation is 2. The maximum atomic E-state index is 11.9. The number of ether oxygens (including phenoxy) is 1. The van der Waals surface area contributed by atoms with E-state index in [9.17, 15) is 4.79 Å². The second kappa shape index (κ2) is 8.12. The summed E-state index contributed by atoms with van der Waals surface area (Å²) in [6.07, 6.45) is 0. The third-order valence-corrected chi connectivity index (χ3v) is 3.50. The van der Waals surface area contributed by atoms with Crippen LogP contribution in [0, 0.1) is 13.8 Å². The van der Waals surface area contributed by atoms with Gasteiger partial charge in [-0.3, -0.25) is 9.69 Å². The summed E-state index contributed by atoms with van der Waals surface area (Å²) >= 11 is 0. The first kappa shape index (κ1) is 15.9. The van der Waals surface area contributed by atoms with Crippen LogP contribution in [0.15, 0.2) is 18.2 Å². The summed E-state index contributed by atoms with van der Waals surface area (Å²) in [5, 5.41) is 6.11. The fourth-order valence-corrected chi connectivity index (χ4v) is 2.52. The molecular weight excluding hydrogens is 266 g/mol. The van der Waals surface area contributed by atoms with E-state index in [1.165, 1.54) is 0 Å². The largest absolute Gasteiger partial charge is 0.379 e. The quantitative estimate of drug-likeness (QED) is 0.773. The van der Waals surface area contributed by atoms with Crippen LogP contribution < -0.4 is 10.6 Å². The maximum absolute atomic E-state index is 11.9. The van der Waals surface area contributed by atoms with E-state index in [2.05, 4.69) is 21.6 Å². The van der Waals surface area contributed by atoms with Crippen LogP contribution in [0.1, 0.15) is 11.1 Å². The third-order valence-electron chi connectivity index (χ3n) is 3.50. The molecular formula is C16H25N3O2. The highest BCUT2D eigenvalue weighted by atomic mass is 16.5. The van der Waals surface area contributed by atoms with E-state index >= 15 is 0 Å². The SMILES string of the molecule is Cc1cc(C)cc(NC(=O)CNCCN2CCOCC2)c1. The molecule has 0 atom stereocenters. The number of anilines is 1. The zero-order chi connectivity index (χ0) is 15.1. The molecule has 1 amide bonds. The lowest BCUT2D eigenvalue weighted by Crippen LogP contribution is -2.41. The molecule has 2 rings (SSSR count). The first-order valence-corrected chi connectivity index (χ1v) is 7.52. The van der Waals surface area contributed by atoms with Gasteiger partial charge in [0.15, 0.2) is 0 Å². The molecule has 1 aromatic rings. The molecule has 21 heavy (non-hydrogen) atoms. The van der Waals surface area contributed by atoms with E-state index in [-0.39, 0.29) is 5.91 Å². The molecule has 0 saturated carbocycles. The first-order valence-electron chi connectivity index (χ1n) is 7.52. The fourth-order valence-electron chi connectivity index (χ4n) is 2.52. The molecule has 116 valence electrons. The van der Waals surface area contributed by atoms with Gasteiger partial charge in [0.05, 0.1) is 19.8 Å². The van der Waals surface area contributed by atoms with Gasteiger partial charge in [-0.05, 0) is 37.1 Å². The minimum Gasteiger partial charge on any atom is -0.379 e. The van der Waals surface area contributed by atoms with Crippen LogP contribution in [0.4, 0.5) is 5.69 Å². The fraction of sp³-hybridized carbons (Fsp3) is 0.562. The van der Waals surface area contributed by atoms with Crippen molar-refractivity contribution in [3.63, 3.8) is 0 Å². The molecule has 1 aliphatic heterocycles. The lowest BCUT2D eigenvalue weighted by molar-refractivity contribution is -0.115. The predicted octanol–water partition coefficient (Wildman–Crippen LogP) is 1.16. The van der Waals surface area contributed by atoms with Gasteiger partial charge in [-0.2, -0.15) is 0 Å². The molecule has 0 bridgehead atoms. The van der Waals surface area contributed by atoms with Crippen LogP contribution in [0.25, 0.3) is 0 Å². The summed E-state index contributed by atoms with van der Waals surface area (Å²) in [5.74, 6) is 0.00183. The maximum Gasteiger partial charge on any atom is 0.238 e. The van der Waals surface area contributed by atoms with Crippen molar-refractivity contribution in [2.75, 3.05) is 51.3 Å². The minimum absolute atomic E-state index is 0.00183. The van der Waals surface area contributed by atoms with E-state index in [1.54, 1.807) is 0 Å². The van der Waals surface area contributed by atoms with E-state index in [1.807, 2.05) is 26.0 Å². The highest BCUT2D eigenvalue weighted by molar-refractivity contribution is 5.92. The molecule has 1 aromatic carbocycles. The predicted molar refractivity (Wildman–Crippen MR) is 84.7 cm³/mol. The van der Waals surface area contributed by atoms with E-state index in [0.29, 0.717) is 6.54 Å². The second-order valence-electron chi connectivity index (χ2n) is 5.56. The Bertz CT molecular complexity index is 450. The number of carbonyl (C=O) groups is 1. The van der Waals surface area contributed by atoms with Crippen molar-refractivity contribution in [1.82, 2.24) is 10.2 Å². The number of nitrogens with one attached hydrogen (secondary N) is 2. The highest BCUT2D eigenvalue weighted by Crippen LogP contribution is 2.13. The number of hydrogen-bond donors (Lipinski definition) is 2. The van der Waals surface area contributed by atoms with Crippen molar-refractivity contribution in [3.05, 3.63) is 29.3 Å². The lowest BCUT2D eigenvalue weighted by Gasteiger charge is -2.26. The first-order chi connectivity index (χ1) is 10.1. The van der Waals surface area contributed by atoms with Gasteiger partial charge in [-0.1, -0.05) is 6.07 Å². The minimum atomic E-state index is 0.00183. The van der Waals surface area contributed by atoms with Gasteiger partial charge in [0.25, 0.3) is 0 Å². The number of amides is 1. The zero-order valence-corrected chi connectivity index (χ0v) is 12.9. The summed E-state index contributed by atoms with van der Waals surface area (Å²) in [5.41, 5.74) is 3.18. The van der Waals surface area contributed by atoms with Crippen molar-refractivity contribution in [1.29, 1.82) is 0 Å². The van der Waals surface area contributed by atoms with Crippen LogP contribution in [0.3, 0.4) is 0 Å². The van der Waals surface area contributed by atoms with Crippen LogP contribution in [-0.4, -0.2) is 56.7 Å². The number of rotatable bonds is 6. The van der Waals surface area contributed by atoms with Crippen molar-refractivity contribution in [2.24, 2.45) is 0 Å². The van der Waals surface area contributed by atoms with E-state index in [4.69, 9.17) is 4.74 Å². The number of morpholine rings is 1. The Labute approximate surface area is 126 Å². The standard InChI is InChI=1S/C16H25N3O2/c1-13-9-14(2)11-15(10-13)18-16(20)12-17-3-4-19-5-7-21-8-6-19/h9-11,17H,3-8,12H2,1-2H3,(H,18,20). The average Bonchev–Trinajstić information content (AvgIpc) is 2.43. The monoisotopic (exact) mass is 291 g/mol. The zero-order valence-electron chi connectivity index (χ0n) is 12.9. The van der Waals surface area contributed by atoms with Gasteiger partial charge in [-0.15, -0.1) is 0 Å². The van der Waals surface area contributed by atoms with Crippen LogP contribution in [0.2, 0.25) is 0 Å². The summed E-state index contributed by atoms with van der Waals surface area (Å²) < 4.78 is 5.30. The normalized spacial score (nSPS) is 15.9. The molecule has 0 unspecified atom stereocenters. The Balaban J connectivity index is 1.65. The Morgan fingerprint density at radius 1 is 1.19 bits per heavy atom. The number of nitrogens with zero attached hydrogens (tertiary/aromatic N) is 1. The Morgan fingerprint density at radius 2 is 1.86 bits per heavy atom. The molecule has 2 N–H and O–H groups in total. The van der Waals surface area contributed by atoms with Gasteiger partial charge in [-0.25, -0.2) is 0 Å². The van der Waals surface area contributed by atoms with Crippen molar-refractivity contribution in [3.8, 4) is 0 Å². The van der Waals surface area contributed by atoms with Crippen molar-refractivity contribution >= 4 is 11.6 Å². The van der Waals surface area contributed by atoms with Gasteiger partial charge in [0.1, 0.15) is 0 Å². The van der Waals surface area contributed by atoms with Gasteiger partial charge in [0.2, 0.25) is 5.91 Å². The summed E-state index contributed by atoms with van der Waals surface area (Å²) in [6, 6.07) is 6.06. The topological polar surface area (TPSA) is 53.6 Å². The Kier molecular flexibility index (Phi) is 6.17. The molecule has 0 radical (unpaired) electrons. The van der Waals surface area contributed by atoms with Crippen LogP contribution >= 0.6 is 0 Å². The molecule has 0 aromatic heterocycles. The molecule has 1 fully saturated rings. The van der Waals surface area contributed by atoms with Crippen molar-refractivity contribution < 1.29 is 9.53 Å². The average molecular weight is 291 g/mol. The third kappa shape index (κ3) is 5.83. The molecule has 0 spiro atoms. The number of hydrogen-bond acceptors (Lipinski definition) is 4. The van der Waals surface area contributed by atoms with Gasteiger partial charge < -0.3 is 15.4 Å². The molecule has 1 aliphatic rings. The summed E-state index contributed by atoms with van der Waals surface area (Å²) in [7, 11) is 0. The molecule has 1 heterocycles. The molecule has 0 aliphatic carbocycles. The summed E-state index contributed by atoms with van der Waals surface area (Å²) in [6.45, 7) is 9.78. The molecule has 1 saturated heterocycles. The highest BCUT2D eigenvalue weighted by Gasteiger charge is 2.09. The second-order valence-corrected chi connectivity index (χ2v) is 5.56. The molecule has 5 nitrogen and oxygen atoms in total. The van der Waals surface area contributed by atoms with Gasteiger partial charge >= 0.3 is 0 Å². The number of benzene rings is 1. The van der Waals surface area contributed by atoms with Gasteiger partial charge in [0, 0.05) is 31.9 Å². The van der Waals surface area contributed by atoms with E-state index < -0.39 is 0 Å². The summed E-state index contributed by atoms with van der Waals surface area (Å²) in [4.78, 5) is 14.2. The van der Waals surface area contributed by atoms with Crippen LogP contribution in [-0.2, 0) is 9.53 Å². The number of carbonyl (C=O) groups excluding carboxylic acids is 1. The smallest absolute Gasteiger partial charge is 0.238 e. The molecule has 5 heteroatoms. The van der Waals surface area contributed by atoms with E-state index in [0.717, 1.165) is 56.2 Å². The van der Waals surface area contributed by atoms with Crippen molar-refractivity contribution in [2.45, 2.75) is 13.8 Å². The lowest BCUT2D eigenvalue weighted by atomic mass is 10.1. The Morgan fingerprint density at radius 3 is 2.52 bits per heavy atom.